The van der Waals surface area contributed by atoms with Crippen molar-refractivity contribution in [3.8, 4) is 0 Å². The fourth-order valence-electron chi connectivity index (χ4n) is 3.13. The minimum atomic E-state index is -4.09. The summed E-state index contributed by atoms with van der Waals surface area (Å²) >= 11 is 5.91. The van der Waals surface area contributed by atoms with Crippen molar-refractivity contribution in [3.05, 3.63) is 102 Å². The highest BCUT2D eigenvalue weighted by molar-refractivity contribution is 7.92. The van der Waals surface area contributed by atoms with E-state index in [9.17, 15) is 18.0 Å². The molecule has 0 bridgehead atoms. The van der Waals surface area contributed by atoms with Crippen molar-refractivity contribution in [2.45, 2.75) is 11.8 Å². The van der Waals surface area contributed by atoms with E-state index in [-0.39, 0.29) is 28.6 Å². The molecule has 0 unspecified atom stereocenters. The van der Waals surface area contributed by atoms with Gasteiger partial charge in [-0.05, 0) is 55.5 Å². The second-order valence-electron chi connectivity index (χ2n) is 7.39. The largest absolute Gasteiger partial charge is 0.349 e. The number of hydrogen-bond acceptors (Lipinski definition) is 4. The molecule has 3 aromatic rings. The first kappa shape index (κ1) is 25.0. The van der Waals surface area contributed by atoms with Crippen LogP contribution >= 0.6 is 11.6 Å². The van der Waals surface area contributed by atoms with Gasteiger partial charge in [0.05, 0.1) is 21.8 Å². The summed E-state index contributed by atoms with van der Waals surface area (Å²) in [4.78, 5) is 25.4. The fourth-order valence-corrected chi connectivity index (χ4v) is 4.68. The summed E-state index contributed by atoms with van der Waals surface area (Å²) in [7, 11) is -4.09. The van der Waals surface area contributed by atoms with E-state index in [1.54, 1.807) is 54.6 Å². The van der Waals surface area contributed by atoms with Crippen molar-refractivity contribution in [1.82, 2.24) is 5.32 Å². The average Bonchev–Trinajstić information content (AvgIpc) is 2.82. The normalized spacial score (nSPS) is 10.9. The highest BCUT2D eigenvalue weighted by Crippen LogP contribution is 2.25. The molecule has 2 amide bonds. The smallest absolute Gasteiger partial charge is 0.264 e. The molecule has 0 radical (unpaired) electrons. The zero-order valence-corrected chi connectivity index (χ0v) is 20.1. The van der Waals surface area contributed by atoms with Gasteiger partial charge in [-0.1, -0.05) is 47.5 Å². The van der Waals surface area contributed by atoms with Crippen molar-refractivity contribution in [2.24, 2.45) is 0 Å². The van der Waals surface area contributed by atoms with Gasteiger partial charge in [0.2, 0.25) is 5.91 Å². The number of rotatable bonds is 9. The third-order valence-electron chi connectivity index (χ3n) is 4.86. The molecule has 2 N–H and O–H groups in total. The van der Waals surface area contributed by atoms with Crippen LogP contribution in [0.3, 0.4) is 0 Å². The Bertz CT molecular complexity index is 1290. The minimum Gasteiger partial charge on any atom is -0.349 e. The number of anilines is 2. The Kier molecular flexibility index (Phi) is 8.09. The van der Waals surface area contributed by atoms with Gasteiger partial charge in [-0.2, -0.15) is 0 Å². The van der Waals surface area contributed by atoms with E-state index >= 15 is 0 Å². The molecule has 0 aliphatic heterocycles. The Morgan fingerprint density at radius 2 is 1.65 bits per heavy atom. The van der Waals surface area contributed by atoms with Crippen LogP contribution in [0, 0.1) is 6.92 Å². The summed E-state index contributed by atoms with van der Waals surface area (Å²) in [5, 5.41) is 5.71. The Morgan fingerprint density at radius 1 is 1.00 bits per heavy atom. The maximum atomic E-state index is 13.4. The maximum absolute atomic E-state index is 13.4. The zero-order valence-electron chi connectivity index (χ0n) is 18.5. The van der Waals surface area contributed by atoms with E-state index in [1.165, 1.54) is 24.3 Å². The summed E-state index contributed by atoms with van der Waals surface area (Å²) in [6, 6.07) is 19.0. The molecule has 7 nitrogen and oxygen atoms in total. The molecule has 0 aliphatic rings. The number of carbonyl (C=O) groups excluding carboxylic acids is 2. The lowest BCUT2D eigenvalue weighted by atomic mass is 10.1. The molecule has 176 valence electrons. The van der Waals surface area contributed by atoms with Gasteiger partial charge in [-0.3, -0.25) is 13.9 Å². The molecule has 0 heterocycles. The van der Waals surface area contributed by atoms with E-state index < -0.39 is 22.5 Å². The van der Waals surface area contributed by atoms with Crippen LogP contribution in [0.25, 0.3) is 0 Å². The predicted octanol–water partition coefficient (Wildman–Crippen LogP) is 4.40. The third kappa shape index (κ3) is 6.03. The molecule has 9 heteroatoms. The van der Waals surface area contributed by atoms with Gasteiger partial charge in [0.1, 0.15) is 6.54 Å². The summed E-state index contributed by atoms with van der Waals surface area (Å²) in [6.45, 7) is 5.20. The lowest BCUT2D eigenvalue weighted by molar-refractivity contribution is -0.114. The van der Waals surface area contributed by atoms with Crippen LogP contribution in [0.5, 0.6) is 0 Å². The molecule has 0 saturated carbocycles. The van der Waals surface area contributed by atoms with Crippen molar-refractivity contribution >= 4 is 44.8 Å². The summed E-state index contributed by atoms with van der Waals surface area (Å²) in [5.74, 6) is -0.998. The topological polar surface area (TPSA) is 95.6 Å². The fraction of sp³-hybridized carbons (Fsp3) is 0.120. The summed E-state index contributed by atoms with van der Waals surface area (Å²) in [6.07, 6.45) is 1.54. The number of halogens is 1. The number of hydrogen-bond donors (Lipinski definition) is 2. The van der Waals surface area contributed by atoms with Gasteiger partial charge >= 0.3 is 0 Å². The predicted molar refractivity (Wildman–Crippen MR) is 135 cm³/mol. The first-order valence-corrected chi connectivity index (χ1v) is 12.2. The average molecular weight is 498 g/mol. The lowest BCUT2D eigenvalue weighted by Crippen LogP contribution is -2.38. The van der Waals surface area contributed by atoms with Crippen LogP contribution < -0.4 is 14.9 Å². The second-order valence-corrected chi connectivity index (χ2v) is 9.69. The first-order valence-electron chi connectivity index (χ1n) is 10.4. The highest BCUT2D eigenvalue weighted by Gasteiger charge is 2.27. The van der Waals surface area contributed by atoms with Gasteiger partial charge in [0, 0.05) is 11.6 Å². The number of aryl methyl sites for hydroxylation is 1. The van der Waals surface area contributed by atoms with Crippen LogP contribution in [-0.2, 0) is 14.8 Å². The lowest BCUT2D eigenvalue weighted by Gasteiger charge is -2.24. The van der Waals surface area contributed by atoms with Crippen molar-refractivity contribution < 1.29 is 18.0 Å². The molecule has 34 heavy (non-hydrogen) atoms. The number of nitrogens with one attached hydrogen (secondary N) is 2. The monoisotopic (exact) mass is 497 g/mol. The van der Waals surface area contributed by atoms with Gasteiger partial charge in [0.15, 0.2) is 0 Å². The molecule has 0 saturated heterocycles. The molecule has 0 atom stereocenters. The van der Waals surface area contributed by atoms with Crippen LogP contribution in [0.4, 0.5) is 11.4 Å². The molecule has 3 aromatic carbocycles. The Labute approximate surface area is 204 Å². The SMILES string of the molecule is C=CCNC(=O)c1ccccc1NC(=O)CN(c1ccc(C)cc1)S(=O)(=O)c1ccc(Cl)cc1. The number of benzene rings is 3. The minimum absolute atomic E-state index is 0.00511. The number of amides is 2. The van der Waals surface area contributed by atoms with Crippen LogP contribution in [-0.4, -0.2) is 33.3 Å². The van der Waals surface area contributed by atoms with E-state index in [0.29, 0.717) is 10.7 Å². The van der Waals surface area contributed by atoms with Crippen molar-refractivity contribution in [1.29, 1.82) is 0 Å². The van der Waals surface area contributed by atoms with Crippen molar-refractivity contribution in [2.75, 3.05) is 22.7 Å². The third-order valence-corrected chi connectivity index (χ3v) is 6.90. The molecule has 0 aromatic heterocycles. The quantitative estimate of drug-likeness (QED) is 0.428. The summed E-state index contributed by atoms with van der Waals surface area (Å²) < 4.78 is 27.9. The number of para-hydroxylation sites is 1. The molecule has 0 spiro atoms. The number of carbonyl (C=O) groups is 2. The maximum Gasteiger partial charge on any atom is 0.264 e. The van der Waals surface area contributed by atoms with Crippen LogP contribution in [0.1, 0.15) is 15.9 Å². The molecular weight excluding hydrogens is 474 g/mol. The standard InChI is InChI=1S/C25H24ClN3O4S/c1-3-16-27-25(31)22-6-4-5-7-23(22)28-24(30)17-29(20-12-8-18(2)9-13-20)34(32,33)21-14-10-19(26)11-15-21/h3-15H,1,16-17H2,2H3,(H,27,31)(H,28,30). The van der Waals surface area contributed by atoms with Crippen molar-refractivity contribution in [3.63, 3.8) is 0 Å². The van der Waals surface area contributed by atoms with Gasteiger partial charge in [0.25, 0.3) is 15.9 Å². The van der Waals surface area contributed by atoms with Crippen LogP contribution in [0.2, 0.25) is 5.02 Å². The summed E-state index contributed by atoms with van der Waals surface area (Å²) in [5.41, 5.74) is 1.78. The second kappa shape index (κ2) is 11.0. The Morgan fingerprint density at radius 3 is 2.29 bits per heavy atom. The number of sulfonamides is 1. The zero-order chi connectivity index (χ0) is 24.7. The molecule has 0 fully saturated rings. The molecular formula is C25H24ClN3O4S. The van der Waals surface area contributed by atoms with E-state index in [0.717, 1.165) is 9.87 Å². The van der Waals surface area contributed by atoms with Gasteiger partial charge in [-0.15, -0.1) is 6.58 Å². The Balaban J connectivity index is 1.91. The molecule has 0 aliphatic carbocycles. The Hall–Kier alpha value is -3.62. The van der Waals surface area contributed by atoms with E-state index in [4.69, 9.17) is 11.6 Å². The highest BCUT2D eigenvalue weighted by atomic mass is 35.5. The van der Waals surface area contributed by atoms with Crippen LogP contribution in [0.15, 0.2) is 90.3 Å². The van der Waals surface area contributed by atoms with Gasteiger partial charge < -0.3 is 10.6 Å². The van der Waals surface area contributed by atoms with Gasteiger partial charge in [-0.25, -0.2) is 8.42 Å². The number of nitrogens with zero attached hydrogens (tertiary/aromatic N) is 1. The molecule has 3 rings (SSSR count). The van der Waals surface area contributed by atoms with E-state index in [1.807, 2.05) is 6.92 Å². The van der Waals surface area contributed by atoms with E-state index in [2.05, 4.69) is 17.2 Å². The first-order chi connectivity index (χ1) is 16.2.